The number of para-hydroxylation sites is 1. The Morgan fingerprint density at radius 1 is 1.07 bits per heavy atom. The van der Waals surface area contributed by atoms with Gasteiger partial charge in [0.15, 0.2) is 0 Å². The number of carbonyl (C=O) groups excluding carboxylic acids is 1. The van der Waals surface area contributed by atoms with E-state index in [4.69, 9.17) is 0 Å². The normalized spacial score (nSPS) is 12.1. The zero-order valence-electron chi connectivity index (χ0n) is 17.6. The highest BCUT2D eigenvalue weighted by Gasteiger charge is 2.11. The molecule has 0 saturated carbocycles. The van der Waals surface area contributed by atoms with Crippen LogP contribution < -0.4 is 16.6 Å². The molecule has 0 radical (unpaired) electrons. The van der Waals surface area contributed by atoms with Gasteiger partial charge in [0, 0.05) is 6.54 Å². The molecule has 2 N–H and O–H groups in total. The van der Waals surface area contributed by atoms with E-state index in [1.54, 1.807) is 48.5 Å². The number of aromatic amines is 1. The molecule has 0 spiro atoms. The minimum absolute atomic E-state index is 0.0154. The van der Waals surface area contributed by atoms with Gasteiger partial charge in [0.2, 0.25) is 5.91 Å². The molecule has 1 atom stereocenters. The second kappa shape index (κ2) is 10.1. The lowest BCUT2D eigenvalue weighted by Crippen LogP contribution is -2.33. The number of H-pyrrole nitrogens is 1. The first-order chi connectivity index (χ1) is 14.5. The van der Waals surface area contributed by atoms with Crippen molar-refractivity contribution in [1.82, 2.24) is 14.9 Å². The molecular weight excluding hydrogens is 378 g/mol. The Balaban J connectivity index is 1.70. The predicted octanol–water partition coefficient (Wildman–Crippen LogP) is 3.55. The van der Waals surface area contributed by atoms with Crippen LogP contribution in [0.2, 0.25) is 0 Å². The van der Waals surface area contributed by atoms with Crippen molar-refractivity contribution in [3.63, 3.8) is 0 Å². The third-order valence-corrected chi connectivity index (χ3v) is 5.50. The zero-order chi connectivity index (χ0) is 21.5. The molecule has 0 bridgehead atoms. The van der Waals surface area contributed by atoms with E-state index < -0.39 is 5.69 Å². The maximum Gasteiger partial charge on any atom is 0.333 e. The molecule has 1 heterocycles. The number of rotatable bonds is 9. The summed E-state index contributed by atoms with van der Waals surface area (Å²) in [6, 6.07) is 13.9. The third kappa shape index (κ3) is 5.06. The van der Waals surface area contributed by atoms with E-state index in [1.807, 2.05) is 0 Å². The SMILES string of the molecule is CCCC[C@@H](CC)CNC(=O)Cc1ccc(-n2c(=O)[nH]c3ccccc3c2=O)cc1. The molecule has 0 aliphatic rings. The Morgan fingerprint density at radius 3 is 2.50 bits per heavy atom. The molecule has 3 aromatic rings. The van der Waals surface area contributed by atoms with Crippen molar-refractivity contribution < 1.29 is 4.79 Å². The first kappa shape index (κ1) is 21.6. The molecular formula is C24H29N3O3. The van der Waals surface area contributed by atoms with Crippen molar-refractivity contribution in [2.75, 3.05) is 6.54 Å². The fourth-order valence-corrected chi connectivity index (χ4v) is 3.61. The Bertz CT molecular complexity index is 1110. The van der Waals surface area contributed by atoms with E-state index >= 15 is 0 Å². The molecule has 0 fully saturated rings. The molecule has 6 nitrogen and oxygen atoms in total. The van der Waals surface area contributed by atoms with Crippen LogP contribution in [0.25, 0.3) is 16.6 Å². The number of carbonyl (C=O) groups is 1. The molecule has 30 heavy (non-hydrogen) atoms. The molecule has 1 amide bonds. The summed E-state index contributed by atoms with van der Waals surface area (Å²) in [6.45, 7) is 5.03. The number of nitrogens with one attached hydrogen (secondary N) is 2. The van der Waals surface area contributed by atoms with Crippen LogP contribution in [0.15, 0.2) is 58.1 Å². The smallest absolute Gasteiger partial charge is 0.333 e. The van der Waals surface area contributed by atoms with Crippen molar-refractivity contribution in [2.45, 2.75) is 46.0 Å². The van der Waals surface area contributed by atoms with E-state index in [9.17, 15) is 14.4 Å². The van der Waals surface area contributed by atoms with Gasteiger partial charge in [-0.1, -0.05) is 57.4 Å². The van der Waals surface area contributed by atoms with Crippen molar-refractivity contribution in [1.29, 1.82) is 0 Å². The molecule has 0 saturated heterocycles. The number of nitrogens with zero attached hydrogens (tertiary/aromatic N) is 1. The zero-order valence-corrected chi connectivity index (χ0v) is 17.6. The second-order valence-electron chi connectivity index (χ2n) is 7.68. The Hall–Kier alpha value is -3.15. The van der Waals surface area contributed by atoms with E-state index in [0.717, 1.165) is 23.0 Å². The molecule has 158 valence electrons. The van der Waals surface area contributed by atoms with Crippen molar-refractivity contribution in [3.05, 3.63) is 74.9 Å². The monoisotopic (exact) mass is 407 g/mol. The molecule has 1 aromatic heterocycles. The fourth-order valence-electron chi connectivity index (χ4n) is 3.61. The fraction of sp³-hybridized carbons (Fsp3) is 0.375. The highest BCUT2D eigenvalue weighted by molar-refractivity contribution is 5.79. The number of hydrogen-bond acceptors (Lipinski definition) is 3. The summed E-state index contributed by atoms with van der Waals surface area (Å²) in [6.07, 6.45) is 4.82. The minimum atomic E-state index is -0.484. The van der Waals surface area contributed by atoms with Gasteiger partial charge in [-0.15, -0.1) is 0 Å². The van der Waals surface area contributed by atoms with Crippen LogP contribution in [-0.4, -0.2) is 22.0 Å². The van der Waals surface area contributed by atoms with E-state index in [-0.39, 0.29) is 17.9 Å². The van der Waals surface area contributed by atoms with Crippen molar-refractivity contribution in [3.8, 4) is 5.69 Å². The molecule has 3 rings (SSSR count). The molecule has 6 heteroatoms. The van der Waals surface area contributed by atoms with Gasteiger partial charge in [0.05, 0.1) is 23.0 Å². The average Bonchev–Trinajstić information content (AvgIpc) is 2.75. The number of fused-ring (bicyclic) bond motifs is 1. The highest BCUT2D eigenvalue weighted by atomic mass is 16.2. The summed E-state index contributed by atoms with van der Waals surface area (Å²) >= 11 is 0. The first-order valence-electron chi connectivity index (χ1n) is 10.6. The van der Waals surface area contributed by atoms with Gasteiger partial charge < -0.3 is 10.3 Å². The van der Waals surface area contributed by atoms with Gasteiger partial charge in [-0.25, -0.2) is 9.36 Å². The number of unbranched alkanes of at least 4 members (excludes halogenated alkanes) is 1. The van der Waals surface area contributed by atoms with Crippen molar-refractivity contribution in [2.24, 2.45) is 5.92 Å². The van der Waals surface area contributed by atoms with Gasteiger partial charge in [-0.3, -0.25) is 9.59 Å². The van der Waals surface area contributed by atoms with Crippen LogP contribution >= 0.6 is 0 Å². The predicted molar refractivity (Wildman–Crippen MR) is 120 cm³/mol. The summed E-state index contributed by atoms with van der Waals surface area (Å²) < 4.78 is 1.12. The van der Waals surface area contributed by atoms with Gasteiger partial charge >= 0.3 is 5.69 Å². The summed E-state index contributed by atoms with van der Waals surface area (Å²) in [5.41, 5.74) is 0.977. The van der Waals surface area contributed by atoms with E-state index in [0.29, 0.717) is 29.1 Å². The summed E-state index contributed by atoms with van der Waals surface area (Å²) in [7, 11) is 0. The van der Waals surface area contributed by atoms with E-state index in [1.165, 1.54) is 12.8 Å². The van der Waals surface area contributed by atoms with Crippen molar-refractivity contribution >= 4 is 16.8 Å². The highest BCUT2D eigenvalue weighted by Crippen LogP contribution is 2.12. The lowest BCUT2D eigenvalue weighted by Gasteiger charge is -2.15. The Kier molecular flexibility index (Phi) is 7.22. The van der Waals surface area contributed by atoms with Gasteiger partial charge in [-0.05, 0) is 42.2 Å². The maximum atomic E-state index is 12.7. The molecule has 0 aliphatic carbocycles. The summed E-state index contributed by atoms with van der Waals surface area (Å²) in [4.78, 5) is 40.2. The number of aromatic nitrogens is 2. The van der Waals surface area contributed by atoms with Crippen LogP contribution in [0.5, 0.6) is 0 Å². The average molecular weight is 408 g/mol. The standard InChI is InChI=1S/C24H29N3O3/c1-3-5-8-17(4-2)16-25-22(28)15-18-11-13-19(14-12-18)27-23(29)20-9-6-7-10-21(20)26-24(27)30/h6-7,9-14,17H,3-5,8,15-16H2,1-2H3,(H,25,28)(H,26,30)/t17-/m1/s1. The number of amides is 1. The van der Waals surface area contributed by atoms with Crippen LogP contribution in [-0.2, 0) is 11.2 Å². The van der Waals surface area contributed by atoms with Gasteiger partial charge in [0.25, 0.3) is 5.56 Å². The Morgan fingerprint density at radius 2 is 1.80 bits per heavy atom. The lowest BCUT2D eigenvalue weighted by molar-refractivity contribution is -0.120. The van der Waals surface area contributed by atoms with Gasteiger partial charge in [-0.2, -0.15) is 0 Å². The quantitative estimate of drug-likeness (QED) is 0.569. The van der Waals surface area contributed by atoms with Crippen LogP contribution in [0.1, 0.15) is 45.1 Å². The van der Waals surface area contributed by atoms with Gasteiger partial charge in [0.1, 0.15) is 0 Å². The topological polar surface area (TPSA) is 84.0 Å². The number of benzene rings is 2. The third-order valence-electron chi connectivity index (χ3n) is 5.50. The molecule has 0 unspecified atom stereocenters. The van der Waals surface area contributed by atoms with Crippen LogP contribution in [0.3, 0.4) is 0 Å². The van der Waals surface area contributed by atoms with E-state index in [2.05, 4.69) is 24.1 Å². The molecule has 0 aliphatic heterocycles. The first-order valence-corrected chi connectivity index (χ1v) is 10.6. The van der Waals surface area contributed by atoms with Crippen LogP contribution in [0, 0.1) is 5.92 Å². The number of hydrogen-bond donors (Lipinski definition) is 2. The molecule has 2 aromatic carbocycles. The maximum absolute atomic E-state index is 12.7. The summed E-state index contributed by atoms with van der Waals surface area (Å²) in [5, 5.41) is 3.48. The Labute approximate surface area is 176 Å². The largest absolute Gasteiger partial charge is 0.356 e. The minimum Gasteiger partial charge on any atom is -0.356 e. The second-order valence-corrected chi connectivity index (χ2v) is 7.68. The summed E-state index contributed by atoms with van der Waals surface area (Å²) in [5.74, 6) is 0.501. The van der Waals surface area contributed by atoms with Crippen LogP contribution in [0.4, 0.5) is 0 Å². The lowest BCUT2D eigenvalue weighted by atomic mass is 9.99.